The largest absolute Gasteiger partial charge is 0.309 e. The molecular weight excluding hydrogens is 288 g/mol. The van der Waals surface area contributed by atoms with Crippen molar-refractivity contribution in [1.82, 2.24) is 19.4 Å². The molecule has 0 aliphatic carbocycles. The van der Waals surface area contributed by atoms with Crippen LogP contribution in [0.4, 0.5) is 0 Å². The van der Waals surface area contributed by atoms with Crippen molar-refractivity contribution in [1.29, 1.82) is 0 Å². The number of nitrogens with zero attached hydrogens (tertiary/aromatic N) is 3. The van der Waals surface area contributed by atoms with Crippen molar-refractivity contribution in [2.24, 2.45) is 5.92 Å². The summed E-state index contributed by atoms with van der Waals surface area (Å²) < 4.78 is 26.7. The van der Waals surface area contributed by atoms with Gasteiger partial charge in [0.1, 0.15) is 0 Å². The zero-order valence-corrected chi connectivity index (χ0v) is 13.9. The molecule has 0 saturated carbocycles. The van der Waals surface area contributed by atoms with E-state index < -0.39 is 10.0 Å². The molecule has 0 bridgehead atoms. The summed E-state index contributed by atoms with van der Waals surface area (Å²) in [6.07, 6.45) is 7.20. The van der Waals surface area contributed by atoms with Gasteiger partial charge in [-0.25, -0.2) is 12.7 Å². The second-order valence-corrected chi connectivity index (χ2v) is 7.97. The van der Waals surface area contributed by atoms with E-state index in [4.69, 9.17) is 0 Å². The van der Waals surface area contributed by atoms with Gasteiger partial charge in [-0.2, -0.15) is 5.10 Å². The smallest absolute Gasteiger partial charge is 0.211 e. The molecule has 6 nitrogen and oxygen atoms in total. The van der Waals surface area contributed by atoms with Crippen molar-refractivity contribution in [3.05, 3.63) is 18.0 Å². The SMILES string of the molecule is CCCn1cc(CNC2CCN(S(C)(=O)=O)CC2C)cn1. The summed E-state index contributed by atoms with van der Waals surface area (Å²) in [6.45, 7) is 7.19. The van der Waals surface area contributed by atoms with Crippen molar-refractivity contribution in [3.63, 3.8) is 0 Å². The first-order chi connectivity index (χ1) is 9.90. The summed E-state index contributed by atoms with van der Waals surface area (Å²) in [6, 6.07) is 0.359. The fraction of sp³-hybridized carbons (Fsp3) is 0.786. The maximum atomic E-state index is 11.6. The predicted molar refractivity (Wildman–Crippen MR) is 83.3 cm³/mol. The highest BCUT2D eigenvalue weighted by Crippen LogP contribution is 2.19. The van der Waals surface area contributed by atoms with Crippen LogP contribution in [0.25, 0.3) is 0 Å². The molecule has 2 heterocycles. The molecule has 1 aliphatic rings. The van der Waals surface area contributed by atoms with Gasteiger partial charge in [-0.15, -0.1) is 0 Å². The van der Waals surface area contributed by atoms with Gasteiger partial charge in [0.25, 0.3) is 0 Å². The van der Waals surface area contributed by atoms with E-state index in [1.165, 1.54) is 11.8 Å². The molecule has 1 aromatic rings. The van der Waals surface area contributed by atoms with Crippen LogP contribution in [0.2, 0.25) is 0 Å². The van der Waals surface area contributed by atoms with Crippen molar-refractivity contribution in [3.8, 4) is 0 Å². The topological polar surface area (TPSA) is 67.2 Å². The maximum absolute atomic E-state index is 11.6. The standard InChI is InChI=1S/C14H26N4O2S/c1-4-6-17-11-13(9-16-17)8-15-14-5-7-18(10-12(14)2)21(3,19)20/h9,11-12,14-15H,4-8,10H2,1-3H3. The third-order valence-corrected chi connectivity index (χ3v) is 5.31. The first-order valence-corrected chi connectivity index (χ1v) is 9.44. The molecule has 7 heteroatoms. The number of hydrogen-bond donors (Lipinski definition) is 1. The molecule has 2 unspecified atom stereocenters. The molecule has 21 heavy (non-hydrogen) atoms. The third kappa shape index (κ3) is 4.52. The first-order valence-electron chi connectivity index (χ1n) is 7.60. The fourth-order valence-electron chi connectivity index (χ4n) is 2.81. The van der Waals surface area contributed by atoms with Gasteiger partial charge in [0, 0.05) is 44.0 Å². The summed E-state index contributed by atoms with van der Waals surface area (Å²) in [7, 11) is -3.06. The number of hydrogen-bond acceptors (Lipinski definition) is 4. The zero-order valence-electron chi connectivity index (χ0n) is 13.1. The first kappa shape index (κ1) is 16.5. The number of aromatic nitrogens is 2. The van der Waals surface area contributed by atoms with E-state index >= 15 is 0 Å². The second kappa shape index (κ2) is 6.89. The van der Waals surface area contributed by atoms with Gasteiger partial charge in [0.05, 0.1) is 12.5 Å². The molecule has 1 fully saturated rings. The van der Waals surface area contributed by atoms with E-state index in [1.807, 2.05) is 10.9 Å². The average Bonchev–Trinajstić information content (AvgIpc) is 2.84. The van der Waals surface area contributed by atoms with Crippen LogP contribution in [-0.2, 0) is 23.1 Å². The van der Waals surface area contributed by atoms with Crippen molar-refractivity contribution >= 4 is 10.0 Å². The Balaban J connectivity index is 1.84. The third-order valence-electron chi connectivity index (χ3n) is 4.04. The zero-order chi connectivity index (χ0) is 15.5. The number of nitrogens with one attached hydrogen (secondary N) is 1. The Hall–Kier alpha value is -0.920. The van der Waals surface area contributed by atoms with Crippen molar-refractivity contribution in [2.45, 2.75) is 45.8 Å². The van der Waals surface area contributed by atoms with Crippen LogP contribution < -0.4 is 5.32 Å². The second-order valence-electron chi connectivity index (χ2n) is 5.99. The summed E-state index contributed by atoms with van der Waals surface area (Å²) >= 11 is 0. The van der Waals surface area contributed by atoms with E-state index in [1.54, 1.807) is 4.31 Å². The highest BCUT2D eigenvalue weighted by atomic mass is 32.2. The molecule has 1 aliphatic heterocycles. The Morgan fingerprint density at radius 1 is 1.48 bits per heavy atom. The number of aryl methyl sites for hydroxylation is 1. The molecule has 1 N–H and O–H groups in total. The molecule has 0 aromatic carbocycles. The van der Waals surface area contributed by atoms with Gasteiger partial charge in [-0.1, -0.05) is 13.8 Å². The lowest BCUT2D eigenvalue weighted by atomic mass is 9.95. The summed E-state index contributed by atoms with van der Waals surface area (Å²) in [5.41, 5.74) is 1.18. The molecule has 1 saturated heterocycles. The van der Waals surface area contributed by atoms with Gasteiger partial charge < -0.3 is 5.32 Å². The van der Waals surface area contributed by atoms with E-state index in [9.17, 15) is 8.42 Å². The van der Waals surface area contributed by atoms with Crippen LogP contribution >= 0.6 is 0 Å². The molecule has 0 spiro atoms. The van der Waals surface area contributed by atoms with E-state index in [0.717, 1.165) is 25.9 Å². The van der Waals surface area contributed by atoms with Gasteiger partial charge in [0.15, 0.2) is 0 Å². The minimum Gasteiger partial charge on any atom is -0.309 e. The Morgan fingerprint density at radius 3 is 2.86 bits per heavy atom. The molecule has 0 radical (unpaired) electrons. The minimum atomic E-state index is -3.06. The molecule has 2 atom stereocenters. The van der Waals surface area contributed by atoms with Crippen molar-refractivity contribution < 1.29 is 8.42 Å². The van der Waals surface area contributed by atoms with Crippen LogP contribution in [0.3, 0.4) is 0 Å². The summed E-state index contributed by atoms with van der Waals surface area (Å²) in [5, 5.41) is 7.86. The predicted octanol–water partition coefficient (Wildman–Crippen LogP) is 1.05. The van der Waals surface area contributed by atoms with Gasteiger partial charge in [0.2, 0.25) is 10.0 Å². The fourth-order valence-corrected chi connectivity index (χ4v) is 3.75. The lowest BCUT2D eigenvalue weighted by molar-refractivity contribution is 0.220. The quantitative estimate of drug-likeness (QED) is 0.852. The van der Waals surface area contributed by atoms with E-state index in [-0.39, 0.29) is 0 Å². The Labute approximate surface area is 127 Å². The van der Waals surface area contributed by atoms with Gasteiger partial charge in [-0.3, -0.25) is 4.68 Å². The van der Waals surface area contributed by atoms with E-state index in [2.05, 4.69) is 30.5 Å². The number of piperidine rings is 1. The van der Waals surface area contributed by atoms with E-state index in [0.29, 0.717) is 25.0 Å². The number of rotatable bonds is 6. The monoisotopic (exact) mass is 314 g/mol. The molecular formula is C14H26N4O2S. The Bertz CT molecular complexity index is 555. The summed E-state index contributed by atoms with van der Waals surface area (Å²) in [5.74, 6) is 0.319. The van der Waals surface area contributed by atoms with Crippen molar-refractivity contribution in [2.75, 3.05) is 19.3 Å². The molecule has 0 amide bonds. The Kier molecular flexibility index (Phi) is 5.40. The Morgan fingerprint density at radius 2 is 2.24 bits per heavy atom. The highest BCUT2D eigenvalue weighted by molar-refractivity contribution is 7.88. The lowest BCUT2D eigenvalue weighted by Gasteiger charge is -2.36. The maximum Gasteiger partial charge on any atom is 0.211 e. The highest BCUT2D eigenvalue weighted by Gasteiger charge is 2.29. The minimum absolute atomic E-state index is 0.319. The molecule has 2 rings (SSSR count). The van der Waals surface area contributed by atoms with Crippen LogP contribution in [0.15, 0.2) is 12.4 Å². The normalized spacial score (nSPS) is 24.3. The van der Waals surface area contributed by atoms with Crippen LogP contribution in [0, 0.1) is 5.92 Å². The summed E-state index contributed by atoms with van der Waals surface area (Å²) in [4.78, 5) is 0. The molecule has 120 valence electrons. The number of sulfonamides is 1. The van der Waals surface area contributed by atoms with Gasteiger partial charge in [-0.05, 0) is 18.8 Å². The van der Waals surface area contributed by atoms with Gasteiger partial charge >= 0.3 is 0 Å². The lowest BCUT2D eigenvalue weighted by Crippen LogP contribution is -2.49. The van der Waals surface area contributed by atoms with Crippen LogP contribution in [-0.4, -0.2) is 47.9 Å². The van der Waals surface area contributed by atoms with Crippen LogP contribution in [0.1, 0.15) is 32.3 Å². The molecule has 1 aromatic heterocycles. The van der Waals surface area contributed by atoms with Crippen LogP contribution in [0.5, 0.6) is 0 Å². The average molecular weight is 314 g/mol.